The van der Waals surface area contributed by atoms with E-state index in [2.05, 4.69) is 4.74 Å². The van der Waals surface area contributed by atoms with Crippen LogP contribution in [0.3, 0.4) is 0 Å². The Morgan fingerprint density at radius 3 is 2.79 bits per heavy atom. The molecule has 0 radical (unpaired) electrons. The molecule has 1 aromatic carbocycles. The zero-order valence-electron chi connectivity index (χ0n) is 11.2. The van der Waals surface area contributed by atoms with E-state index in [1.54, 1.807) is 6.08 Å². The topological polar surface area (TPSA) is 52.6 Å². The van der Waals surface area contributed by atoms with Crippen molar-refractivity contribution in [3.63, 3.8) is 0 Å². The number of ether oxygens (including phenoxy) is 2. The molecular weight excluding hydrogens is 244 g/mol. The molecule has 0 saturated carbocycles. The van der Waals surface area contributed by atoms with Gasteiger partial charge in [-0.25, -0.2) is 0 Å². The highest BCUT2D eigenvalue weighted by molar-refractivity contribution is 5.69. The summed E-state index contributed by atoms with van der Waals surface area (Å²) in [7, 11) is 1.39. The second-order valence-corrected chi connectivity index (χ2v) is 4.03. The molecule has 4 nitrogen and oxygen atoms in total. The van der Waals surface area contributed by atoms with Crippen molar-refractivity contribution in [1.82, 2.24) is 0 Å². The third kappa shape index (κ3) is 6.41. The van der Waals surface area contributed by atoms with Crippen LogP contribution >= 0.6 is 0 Å². The second kappa shape index (κ2) is 8.08. The van der Waals surface area contributed by atoms with Gasteiger partial charge in [-0.15, -0.1) is 0 Å². The van der Waals surface area contributed by atoms with E-state index in [-0.39, 0.29) is 18.5 Å². The smallest absolute Gasteiger partial charge is 0.305 e. The molecule has 0 aromatic heterocycles. The molecule has 19 heavy (non-hydrogen) atoms. The molecule has 1 rings (SSSR count). The molecule has 1 aromatic rings. The lowest BCUT2D eigenvalue weighted by Crippen LogP contribution is -2.01. The van der Waals surface area contributed by atoms with Crippen molar-refractivity contribution >= 4 is 18.0 Å². The van der Waals surface area contributed by atoms with Gasteiger partial charge in [-0.2, -0.15) is 0 Å². The van der Waals surface area contributed by atoms with Crippen molar-refractivity contribution < 1.29 is 19.1 Å². The van der Waals surface area contributed by atoms with E-state index in [9.17, 15) is 9.59 Å². The molecule has 0 bridgehead atoms. The molecule has 102 valence electrons. The van der Waals surface area contributed by atoms with Gasteiger partial charge in [0.15, 0.2) is 0 Å². The van der Waals surface area contributed by atoms with E-state index < -0.39 is 0 Å². The first kappa shape index (κ1) is 15.0. The highest BCUT2D eigenvalue weighted by Gasteiger charge is 2.01. The number of methoxy groups -OCH3 is 1. The summed E-state index contributed by atoms with van der Waals surface area (Å²) in [6, 6.07) is 7.84. The Balaban J connectivity index is 2.51. The zero-order chi connectivity index (χ0) is 14.1. The predicted octanol–water partition coefficient (Wildman–Crippen LogP) is 2.37. The number of rotatable bonds is 6. The van der Waals surface area contributed by atoms with Crippen LogP contribution < -0.4 is 0 Å². The average molecular weight is 262 g/mol. The molecule has 0 fully saturated rings. The van der Waals surface area contributed by atoms with Gasteiger partial charge in [0.1, 0.15) is 6.61 Å². The first-order chi connectivity index (χ1) is 9.11. The molecule has 0 aliphatic rings. The number of carbonyl (C=O) groups excluding carboxylic acids is 2. The number of hydrogen-bond donors (Lipinski definition) is 0. The first-order valence-corrected chi connectivity index (χ1v) is 6.07. The van der Waals surface area contributed by atoms with Crippen molar-refractivity contribution in [3.05, 3.63) is 41.5 Å². The third-order valence-electron chi connectivity index (χ3n) is 2.49. The summed E-state index contributed by atoms with van der Waals surface area (Å²) >= 11 is 0. The molecule has 0 aliphatic heterocycles. The summed E-state index contributed by atoms with van der Waals surface area (Å²) in [5.41, 5.74) is 2.08. The summed E-state index contributed by atoms with van der Waals surface area (Å²) < 4.78 is 9.40. The van der Waals surface area contributed by atoms with Crippen LogP contribution in [0.1, 0.15) is 24.5 Å². The number of hydrogen-bond acceptors (Lipinski definition) is 4. The Morgan fingerprint density at radius 2 is 2.11 bits per heavy atom. The Labute approximate surface area is 113 Å². The molecule has 0 saturated heterocycles. The Bertz CT molecular complexity index is 463. The highest BCUT2D eigenvalue weighted by Crippen LogP contribution is 2.09. The molecule has 0 atom stereocenters. The van der Waals surface area contributed by atoms with E-state index in [0.29, 0.717) is 12.8 Å². The quantitative estimate of drug-likeness (QED) is 0.738. The van der Waals surface area contributed by atoms with Gasteiger partial charge in [-0.1, -0.05) is 30.3 Å². The standard InChI is InChI=1S/C15H18O4/c1-12(16)19-10-4-7-13-5-3-6-14(11-13)8-9-15(17)18-2/h3-7,11H,8-10H2,1-2H3/b7-4+. The monoisotopic (exact) mass is 262 g/mol. The minimum Gasteiger partial charge on any atom is -0.469 e. The molecule has 0 amide bonds. The van der Waals surface area contributed by atoms with Gasteiger partial charge in [-0.3, -0.25) is 9.59 Å². The van der Waals surface area contributed by atoms with Gasteiger partial charge < -0.3 is 9.47 Å². The lowest BCUT2D eigenvalue weighted by Gasteiger charge is -2.02. The lowest BCUT2D eigenvalue weighted by atomic mass is 10.1. The maximum absolute atomic E-state index is 11.1. The van der Waals surface area contributed by atoms with Crippen molar-refractivity contribution in [1.29, 1.82) is 0 Å². The van der Waals surface area contributed by atoms with Crippen LogP contribution in [-0.4, -0.2) is 25.7 Å². The van der Waals surface area contributed by atoms with Crippen molar-refractivity contribution in [2.45, 2.75) is 19.8 Å². The molecular formula is C15H18O4. The maximum Gasteiger partial charge on any atom is 0.305 e. The summed E-state index contributed by atoms with van der Waals surface area (Å²) in [6.07, 6.45) is 4.68. The van der Waals surface area contributed by atoms with Crippen LogP contribution in [0, 0.1) is 0 Å². The Kier molecular flexibility index (Phi) is 6.36. The summed E-state index contributed by atoms with van der Waals surface area (Å²) in [4.78, 5) is 21.6. The molecule has 0 N–H and O–H groups in total. The Hall–Kier alpha value is -2.10. The molecule has 4 heteroatoms. The minimum atomic E-state index is -0.295. The number of esters is 2. The van der Waals surface area contributed by atoms with Crippen LogP contribution in [0.15, 0.2) is 30.3 Å². The Morgan fingerprint density at radius 1 is 1.32 bits per heavy atom. The third-order valence-corrected chi connectivity index (χ3v) is 2.49. The lowest BCUT2D eigenvalue weighted by molar-refractivity contribution is -0.141. The minimum absolute atomic E-state index is 0.212. The summed E-state index contributed by atoms with van der Waals surface area (Å²) in [5.74, 6) is -0.507. The van der Waals surface area contributed by atoms with E-state index in [1.807, 2.05) is 30.3 Å². The van der Waals surface area contributed by atoms with Crippen molar-refractivity contribution in [2.75, 3.05) is 13.7 Å². The number of carbonyl (C=O) groups is 2. The van der Waals surface area contributed by atoms with Gasteiger partial charge in [0.2, 0.25) is 0 Å². The number of benzene rings is 1. The fourth-order valence-corrected chi connectivity index (χ4v) is 1.55. The van der Waals surface area contributed by atoms with E-state index in [4.69, 9.17) is 4.74 Å². The summed E-state index contributed by atoms with van der Waals surface area (Å²) in [6.45, 7) is 1.64. The molecule has 0 aliphatic carbocycles. The maximum atomic E-state index is 11.1. The number of aryl methyl sites for hydroxylation is 1. The van der Waals surface area contributed by atoms with E-state index in [0.717, 1.165) is 11.1 Å². The molecule has 0 unspecified atom stereocenters. The largest absolute Gasteiger partial charge is 0.469 e. The fourth-order valence-electron chi connectivity index (χ4n) is 1.55. The molecule has 0 spiro atoms. The van der Waals surface area contributed by atoms with Gasteiger partial charge in [0, 0.05) is 13.3 Å². The first-order valence-electron chi connectivity index (χ1n) is 6.07. The van der Waals surface area contributed by atoms with Crippen LogP contribution in [0.4, 0.5) is 0 Å². The highest BCUT2D eigenvalue weighted by atomic mass is 16.5. The van der Waals surface area contributed by atoms with Gasteiger partial charge >= 0.3 is 11.9 Å². The van der Waals surface area contributed by atoms with E-state index in [1.165, 1.54) is 14.0 Å². The molecule has 0 heterocycles. The van der Waals surface area contributed by atoms with Crippen LogP contribution in [0.5, 0.6) is 0 Å². The van der Waals surface area contributed by atoms with Crippen molar-refractivity contribution in [3.8, 4) is 0 Å². The summed E-state index contributed by atoms with van der Waals surface area (Å²) in [5, 5.41) is 0. The fraction of sp³-hybridized carbons (Fsp3) is 0.333. The second-order valence-electron chi connectivity index (χ2n) is 4.03. The van der Waals surface area contributed by atoms with Gasteiger partial charge in [-0.05, 0) is 23.6 Å². The predicted molar refractivity (Wildman–Crippen MR) is 72.4 cm³/mol. The van der Waals surface area contributed by atoms with Gasteiger partial charge in [0.05, 0.1) is 7.11 Å². The van der Waals surface area contributed by atoms with Gasteiger partial charge in [0.25, 0.3) is 0 Å². The van der Waals surface area contributed by atoms with Crippen LogP contribution in [0.25, 0.3) is 6.08 Å². The van der Waals surface area contributed by atoms with Crippen LogP contribution in [0.2, 0.25) is 0 Å². The van der Waals surface area contributed by atoms with E-state index >= 15 is 0 Å². The van der Waals surface area contributed by atoms with Crippen molar-refractivity contribution in [2.24, 2.45) is 0 Å². The van der Waals surface area contributed by atoms with Crippen LogP contribution in [-0.2, 0) is 25.5 Å². The average Bonchev–Trinajstić information content (AvgIpc) is 2.41. The SMILES string of the molecule is COC(=O)CCc1cccc(/C=C/COC(C)=O)c1. The normalized spacial score (nSPS) is 10.4. The zero-order valence-corrected chi connectivity index (χ0v) is 11.2.